The number of anilines is 1. The van der Waals surface area contributed by atoms with Crippen molar-refractivity contribution in [1.82, 2.24) is 10.3 Å². The van der Waals surface area contributed by atoms with Crippen molar-refractivity contribution in [3.05, 3.63) is 10.6 Å². The minimum absolute atomic E-state index is 0.502. The second kappa shape index (κ2) is 5.17. The molecule has 1 aromatic rings. The number of hydrogen-bond acceptors (Lipinski definition) is 4. The highest BCUT2D eigenvalue weighted by Crippen LogP contribution is 2.38. The molecule has 2 atom stereocenters. The van der Waals surface area contributed by atoms with Crippen LogP contribution in [0.15, 0.2) is 0 Å². The van der Waals surface area contributed by atoms with Crippen molar-refractivity contribution >= 4 is 16.5 Å². The van der Waals surface area contributed by atoms with E-state index in [1.54, 1.807) is 0 Å². The van der Waals surface area contributed by atoms with Crippen LogP contribution in [0.1, 0.15) is 56.1 Å². The highest BCUT2D eigenvalue weighted by atomic mass is 32.1. The Morgan fingerprint density at radius 2 is 2.28 bits per heavy atom. The van der Waals surface area contributed by atoms with Crippen LogP contribution in [0.4, 0.5) is 5.13 Å². The summed E-state index contributed by atoms with van der Waals surface area (Å²) in [5, 5.41) is 4.85. The van der Waals surface area contributed by atoms with Crippen molar-refractivity contribution < 1.29 is 0 Å². The molecule has 1 aliphatic heterocycles. The van der Waals surface area contributed by atoms with Crippen LogP contribution in [0.25, 0.3) is 0 Å². The van der Waals surface area contributed by atoms with Gasteiger partial charge in [-0.3, -0.25) is 0 Å². The molecule has 1 saturated heterocycles. The topological polar surface area (TPSA) is 28.2 Å². The molecule has 100 valence electrons. The Hall–Kier alpha value is -0.610. The lowest BCUT2D eigenvalue weighted by Gasteiger charge is -2.21. The van der Waals surface area contributed by atoms with E-state index < -0.39 is 0 Å². The zero-order valence-electron chi connectivity index (χ0n) is 11.4. The maximum atomic E-state index is 4.97. The molecule has 2 heterocycles. The second-order valence-electron chi connectivity index (χ2n) is 5.49. The molecule has 18 heavy (non-hydrogen) atoms. The van der Waals surface area contributed by atoms with Gasteiger partial charge in [-0.15, -0.1) is 11.3 Å². The molecule has 0 amide bonds. The van der Waals surface area contributed by atoms with Gasteiger partial charge in [0, 0.05) is 17.5 Å². The molecule has 1 aliphatic carbocycles. The summed E-state index contributed by atoms with van der Waals surface area (Å²) in [7, 11) is 0. The molecule has 0 bridgehead atoms. The number of rotatable bonds is 3. The first-order chi connectivity index (χ1) is 8.79. The highest BCUT2D eigenvalue weighted by Gasteiger charge is 2.28. The van der Waals surface area contributed by atoms with Crippen LogP contribution in [0.2, 0.25) is 0 Å². The standard InChI is InChI=1S/C14H23N3S/c1-3-15-11-7-4-8-12-13(11)16-14(18-12)17-9-5-6-10(17)2/h10-11,15H,3-9H2,1-2H3. The normalized spacial score (nSPS) is 27.6. The molecule has 3 rings (SSSR count). The minimum atomic E-state index is 0.502. The summed E-state index contributed by atoms with van der Waals surface area (Å²) in [6, 6.07) is 1.18. The Bertz CT molecular complexity index is 415. The van der Waals surface area contributed by atoms with Crippen molar-refractivity contribution in [1.29, 1.82) is 0 Å². The van der Waals surface area contributed by atoms with Gasteiger partial charge in [0.05, 0.1) is 11.7 Å². The van der Waals surface area contributed by atoms with E-state index >= 15 is 0 Å². The van der Waals surface area contributed by atoms with Crippen LogP contribution in [0.3, 0.4) is 0 Å². The highest BCUT2D eigenvalue weighted by molar-refractivity contribution is 7.15. The van der Waals surface area contributed by atoms with Crippen molar-refractivity contribution in [2.45, 2.75) is 58.0 Å². The average Bonchev–Trinajstić information content (AvgIpc) is 2.95. The fourth-order valence-electron chi connectivity index (χ4n) is 3.19. The van der Waals surface area contributed by atoms with Gasteiger partial charge in [-0.1, -0.05) is 6.92 Å². The third kappa shape index (κ3) is 2.16. The summed E-state index contributed by atoms with van der Waals surface area (Å²) in [6.07, 6.45) is 6.43. The summed E-state index contributed by atoms with van der Waals surface area (Å²) in [6.45, 7) is 6.75. The largest absolute Gasteiger partial charge is 0.345 e. The van der Waals surface area contributed by atoms with Crippen molar-refractivity contribution in [2.75, 3.05) is 18.0 Å². The molecule has 1 aromatic heterocycles. The molecule has 1 N–H and O–H groups in total. The van der Waals surface area contributed by atoms with Crippen LogP contribution in [0.5, 0.6) is 0 Å². The minimum Gasteiger partial charge on any atom is -0.345 e. The Balaban J connectivity index is 1.86. The molecule has 0 spiro atoms. The maximum absolute atomic E-state index is 4.97. The fraction of sp³-hybridized carbons (Fsp3) is 0.786. The first kappa shape index (κ1) is 12.4. The van der Waals surface area contributed by atoms with Gasteiger partial charge in [-0.2, -0.15) is 0 Å². The van der Waals surface area contributed by atoms with Gasteiger partial charge in [-0.25, -0.2) is 4.98 Å². The van der Waals surface area contributed by atoms with Gasteiger partial charge in [-0.05, 0) is 45.6 Å². The molecular formula is C14H23N3S. The number of aromatic nitrogens is 1. The number of thiazole rings is 1. The predicted octanol–water partition coefficient (Wildman–Crippen LogP) is 3.12. The Morgan fingerprint density at radius 1 is 1.39 bits per heavy atom. The molecule has 2 unspecified atom stereocenters. The fourth-order valence-corrected chi connectivity index (χ4v) is 4.48. The SMILES string of the molecule is CCNC1CCCc2sc(N3CCCC3C)nc21. The van der Waals surface area contributed by atoms with Crippen molar-refractivity contribution in [2.24, 2.45) is 0 Å². The van der Waals surface area contributed by atoms with E-state index in [9.17, 15) is 0 Å². The van der Waals surface area contributed by atoms with Gasteiger partial charge < -0.3 is 10.2 Å². The maximum Gasteiger partial charge on any atom is 0.186 e. The van der Waals surface area contributed by atoms with Crippen LogP contribution in [0, 0.1) is 0 Å². The first-order valence-electron chi connectivity index (χ1n) is 7.29. The van der Waals surface area contributed by atoms with Crippen molar-refractivity contribution in [3.63, 3.8) is 0 Å². The van der Waals surface area contributed by atoms with Crippen LogP contribution < -0.4 is 10.2 Å². The van der Waals surface area contributed by atoms with E-state index in [1.807, 2.05) is 11.3 Å². The zero-order valence-corrected chi connectivity index (χ0v) is 12.2. The van der Waals surface area contributed by atoms with Gasteiger partial charge >= 0.3 is 0 Å². The average molecular weight is 265 g/mol. The molecule has 2 aliphatic rings. The summed E-state index contributed by atoms with van der Waals surface area (Å²) in [4.78, 5) is 9.00. The Morgan fingerprint density at radius 3 is 3.00 bits per heavy atom. The Labute approximate surface area is 114 Å². The molecule has 4 heteroatoms. The molecular weight excluding hydrogens is 242 g/mol. The van der Waals surface area contributed by atoms with Gasteiger partial charge in [0.1, 0.15) is 0 Å². The van der Waals surface area contributed by atoms with E-state index in [0.717, 1.165) is 6.54 Å². The van der Waals surface area contributed by atoms with Gasteiger partial charge in [0.2, 0.25) is 0 Å². The number of hydrogen-bond donors (Lipinski definition) is 1. The number of nitrogens with zero attached hydrogens (tertiary/aromatic N) is 2. The van der Waals surface area contributed by atoms with E-state index in [4.69, 9.17) is 4.98 Å². The van der Waals surface area contributed by atoms with Gasteiger partial charge in [0.15, 0.2) is 5.13 Å². The molecule has 0 saturated carbocycles. The number of aryl methyl sites for hydroxylation is 1. The summed E-state index contributed by atoms with van der Waals surface area (Å²) < 4.78 is 0. The lowest BCUT2D eigenvalue weighted by molar-refractivity contribution is 0.465. The second-order valence-corrected chi connectivity index (χ2v) is 6.55. The lowest BCUT2D eigenvalue weighted by Crippen LogP contribution is -2.27. The third-order valence-corrected chi connectivity index (χ3v) is 5.36. The van der Waals surface area contributed by atoms with Crippen LogP contribution in [-0.4, -0.2) is 24.1 Å². The predicted molar refractivity (Wildman–Crippen MR) is 77.5 cm³/mol. The molecule has 0 aromatic carbocycles. The third-order valence-electron chi connectivity index (χ3n) is 4.19. The quantitative estimate of drug-likeness (QED) is 0.910. The van der Waals surface area contributed by atoms with E-state index in [1.165, 1.54) is 54.4 Å². The Kier molecular flexibility index (Phi) is 3.57. The van der Waals surface area contributed by atoms with Crippen LogP contribution in [-0.2, 0) is 6.42 Å². The van der Waals surface area contributed by atoms with E-state index in [2.05, 4.69) is 24.1 Å². The van der Waals surface area contributed by atoms with Crippen LogP contribution >= 0.6 is 11.3 Å². The molecule has 1 fully saturated rings. The molecule has 3 nitrogen and oxygen atoms in total. The van der Waals surface area contributed by atoms with E-state index in [0.29, 0.717) is 12.1 Å². The number of fused-ring (bicyclic) bond motifs is 1. The molecule has 0 radical (unpaired) electrons. The summed E-state index contributed by atoms with van der Waals surface area (Å²) in [5.41, 5.74) is 1.35. The smallest absolute Gasteiger partial charge is 0.186 e. The first-order valence-corrected chi connectivity index (χ1v) is 8.11. The lowest BCUT2D eigenvalue weighted by atomic mass is 9.98. The summed E-state index contributed by atoms with van der Waals surface area (Å²) >= 11 is 1.94. The monoisotopic (exact) mass is 265 g/mol. The zero-order chi connectivity index (χ0) is 12.5. The number of nitrogens with one attached hydrogen (secondary N) is 1. The summed E-state index contributed by atoms with van der Waals surface area (Å²) in [5.74, 6) is 0. The van der Waals surface area contributed by atoms with Gasteiger partial charge in [0.25, 0.3) is 0 Å². The van der Waals surface area contributed by atoms with E-state index in [-0.39, 0.29) is 0 Å². The van der Waals surface area contributed by atoms with Crippen molar-refractivity contribution in [3.8, 4) is 0 Å².